The van der Waals surface area contributed by atoms with E-state index in [1.807, 2.05) is 0 Å². The van der Waals surface area contributed by atoms with Crippen LogP contribution in [0.2, 0.25) is 0 Å². The van der Waals surface area contributed by atoms with Crippen LogP contribution in [0.15, 0.2) is 18.2 Å². The lowest BCUT2D eigenvalue weighted by molar-refractivity contribution is 0.0920. The summed E-state index contributed by atoms with van der Waals surface area (Å²) >= 11 is 0. The van der Waals surface area contributed by atoms with Gasteiger partial charge in [0.05, 0.1) is 12.7 Å². The first-order valence-electron chi connectivity index (χ1n) is 7.26. The predicted molar refractivity (Wildman–Crippen MR) is 80.9 cm³/mol. The average Bonchev–Trinajstić information content (AvgIpc) is 2.46. The van der Waals surface area contributed by atoms with Crippen LogP contribution in [0.4, 0.5) is 5.69 Å². The zero-order valence-corrected chi connectivity index (χ0v) is 12.4. The molecule has 1 aromatic carbocycles. The summed E-state index contributed by atoms with van der Waals surface area (Å²) in [4.78, 5) is 12.3. The van der Waals surface area contributed by atoms with E-state index in [1.54, 1.807) is 25.3 Å². The summed E-state index contributed by atoms with van der Waals surface area (Å²) in [6.45, 7) is 2.96. The first-order chi connectivity index (χ1) is 9.54. The van der Waals surface area contributed by atoms with Crippen LogP contribution in [0.25, 0.3) is 0 Å². The second-order valence-corrected chi connectivity index (χ2v) is 6.01. The Bertz CT molecular complexity index is 479. The van der Waals surface area contributed by atoms with E-state index in [-0.39, 0.29) is 11.3 Å². The highest BCUT2D eigenvalue weighted by Gasteiger charge is 2.27. The Kier molecular flexibility index (Phi) is 4.53. The SMILES string of the molecule is COc1ccc(N)c(C(=O)NCC2(C)CCCCC2)c1. The quantitative estimate of drug-likeness (QED) is 0.831. The van der Waals surface area contributed by atoms with Gasteiger partial charge in [0.25, 0.3) is 5.91 Å². The minimum absolute atomic E-state index is 0.117. The van der Waals surface area contributed by atoms with Crippen molar-refractivity contribution in [3.63, 3.8) is 0 Å². The monoisotopic (exact) mass is 276 g/mol. The highest BCUT2D eigenvalue weighted by molar-refractivity contribution is 5.99. The number of anilines is 1. The molecule has 0 aromatic heterocycles. The molecule has 4 heteroatoms. The minimum Gasteiger partial charge on any atom is -0.497 e. The van der Waals surface area contributed by atoms with Crippen molar-refractivity contribution in [2.75, 3.05) is 19.4 Å². The minimum atomic E-state index is -0.117. The van der Waals surface area contributed by atoms with Gasteiger partial charge in [0.2, 0.25) is 0 Å². The zero-order chi connectivity index (χ0) is 14.6. The Hall–Kier alpha value is -1.71. The van der Waals surface area contributed by atoms with Gasteiger partial charge in [-0.2, -0.15) is 0 Å². The number of nitrogens with one attached hydrogen (secondary N) is 1. The van der Waals surface area contributed by atoms with Crippen LogP contribution in [0.5, 0.6) is 5.75 Å². The molecule has 20 heavy (non-hydrogen) atoms. The number of nitrogens with two attached hydrogens (primary N) is 1. The maximum atomic E-state index is 12.3. The van der Waals surface area contributed by atoms with Crippen LogP contribution >= 0.6 is 0 Å². The van der Waals surface area contributed by atoms with Gasteiger partial charge in [-0.25, -0.2) is 0 Å². The molecular weight excluding hydrogens is 252 g/mol. The van der Waals surface area contributed by atoms with Crippen LogP contribution in [-0.4, -0.2) is 19.6 Å². The molecule has 0 unspecified atom stereocenters. The van der Waals surface area contributed by atoms with Gasteiger partial charge >= 0.3 is 0 Å². The van der Waals surface area contributed by atoms with Crippen molar-refractivity contribution in [3.05, 3.63) is 23.8 Å². The number of hydrogen-bond donors (Lipinski definition) is 2. The summed E-state index contributed by atoms with van der Waals surface area (Å²) in [5.41, 5.74) is 7.07. The summed E-state index contributed by atoms with van der Waals surface area (Å²) in [5, 5.41) is 3.03. The molecule has 3 N–H and O–H groups in total. The molecule has 1 aromatic rings. The molecule has 0 bridgehead atoms. The summed E-state index contributed by atoms with van der Waals surface area (Å²) < 4.78 is 5.14. The number of benzene rings is 1. The third-order valence-electron chi connectivity index (χ3n) is 4.24. The van der Waals surface area contributed by atoms with Gasteiger partial charge in [0.1, 0.15) is 5.75 Å². The summed E-state index contributed by atoms with van der Waals surface area (Å²) in [6.07, 6.45) is 6.19. The van der Waals surface area contributed by atoms with E-state index in [1.165, 1.54) is 32.1 Å². The van der Waals surface area contributed by atoms with E-state index in [0.29, 0.717) is 23.5 Å². The summed E-state index contributed by atoms with van der Waals surface area (Å²) in [6, 6.07) is 5.15. The van der Waals surface area contributed by atoms with Crippen molar-refractivity contribution in [2.24, 2.45) is 5.41 Å². The maximum Gasteiger partial charge on any atom is 0.253 e. The maximum absolute atomic E-state index is 12.3. The largest absolute Gasteiger partial charge is 0.497 e. The van der Waals surface area contributed by atoms with Crippen molar-refractivity contribution in [1.29, 1.82) is 0 Å². The van der Waals surface area contributed by atoms with Crippen molar-refractivity contribution < 1.29 is 9.53 Å². The molecule has 0 spiro atoms. The van der Waals surface area contributed by atoms with Gasteiger partial charge in [-0.3, -0.25) is 4.79 Å². The normalized spacial score (nSPS) is 17.5. The zero-order valence-electron chi connectivity index (χ0n) is 12.4. The Labute approximate surface area is 120 Å². The van der Waals surface area contributed by atoms with Crippen molar-refractivity contribution in [1.82, 2.24) is 5.32 Å². The second-order valence-electron chi connectivity index (χ2n) is 6.01. The number of nitrogen functional groups attached to an aromatic ring is 1. The summed E-state index contributed by atoms with van der Waals surface area (Å²) in [5.74, 6) is 0.529. The molecule has 1 aliphatic rings. The fourth-order valence-electron chi connectivity index (χ4n) is 2.83. The molecule has 2 rings (SSSR count). The Balaban J connectivity index is 2.01. The highest BCUT2D eigenvalue weighted by Crippen LogP contribution is 2.35. The molecule has 0 saturated heterocycles. The van der Waals surface area contributed by atoms with E-state index in [9.17, 15) is 4.79 Å². The third-order valence-corrected chi connectivity index (χ3v) is 4.24. The molecule has 1 aliphatic carbocycles. The van der Waals surface area contributed by atoms with E-state index in [4.69, 9.17) is 10.5 Å². The number of amides is 1. The van der Waals surface area contributed by atoms with Crippen molar-refractivity contribution in [3.8, 4) is 5.75 Å². The van der Waals surface area contributed by atoms with Gasteiger partial charge in [0.15, 0.2) is 0 Å². The van der Waals surface area contributed by atoms with Gasteiger partial charge in [0, 0.05) is 12.2 Å². The van der Waals surface area contributed by atoms with Crippen LogP contribution in [-0.2, 0) is 0 Å². The Morgan fingerprint density at radius 3 is 2.70 bits per heavy atom. The molecule has 1 saturated carbocycles. The fraction of sp³-hybridized carbons (Fsp3) is 0.562. The molecule has 0 radical (unpaired) electrons. The molecular formula is C16H24N2O2. The van der Waals surface area contributed by atoms with Gasteiger partial charge in [-0.15, -0.1) is 0 Å². The van der Waals surface area contributed by atoms with Crippen LogP contribution < -0.4 is 15.8 Å². The van der Waals surface area contributed by atoms with Gasteiger partial charge < -0.3 is 15.8 Å². The molecule has 0 aliphatic heterocycles. The lowest BCUT2D eigenvalue weighted by atomic mass is 9.76. The second kappa shape index (κ2) is 6.16. The van der Waals surface area contributed by atoms with Gasteiger partial charge in [-0.05, 0) is 36.5 Å². The lowest BCUT2D eigenvalue weighted by Gasteiger charge is -2.33. The Morgan fingerprint density at radius 2 is 2.05 bits per heavy atom. The molecule has 110 valence electrons. The lowest BCUT2D eigenvalue weighted by Crippen LogP contribution is -2.37. The molecule has 0 heterocycles. The Morgan fingerprint density at radius 1 is 1.35 bits per heavy atom. The van der Waals surface area contributed by atoms with E-state index < -0.39 is 0 Å². The third kappa shape index (κ3) is 3.44. The average molecular weight is 276 g/mol. The first-order valence-corrected chi connectivity index (χ1v) is 7.26. The van der Waals surface area contributed by atoms with Crippen LogP contribution in [0, 0.1) is 5.41 Å². The van der Waals surface area contributed by atoms with Crippen molar-refractivity contribution >= 4 is 11.6 Å². The standard InChI is InChI=1S/C16H24N2O2/c1-16(8-4-3-5-9-16)11-18-15(19)13-10-12(20-2)6-7-14(13)17/h6-7,10H,3-5,8-9,11,17H2,1-2H3,(H,18,19). The van der Waals surface area contributed by atoms with Crippen LogP contribution in [0.3, 0.4) is 0 Å². The smallest absolute Gasteiger partial charge is 0.253 e. The fourth-order valence-corrected chi connectivity index (χ4v) is 2.83. The molecule has 1 amide bonds. The van der Waals surface area contributed by atoms with Gasteiger partial charge in [-0.1, -0.05) is 26.2 Å². The topological polar surface area (TPSA) is 64.3 Å². The van der Waals surface area contributed by atoms with E-state index in [2.05, 4.69) is 12.2 Å². The van der Waals surface area contributed by atoms with E-state index >= 15 is 0 Å². The predicted octanol–water partition coefficient (Wildman–Crippen LogP) is 2.98. The number of rotatable bonds is 4. The molecule has 1 fully saturated rings. The number of carbonyl (C=O) groups excluding carboxylic acids is 1. The summed E-state index contributed by atoms with van der Waals surface area (Å²) in [7, 11) is 1.58. The number of methoxy groups -OCH3 is 1. The van der Waals surface area contributed by atoms with E-state index in [0.717, 1.165) is 0 Å². The number of carbonyl (C=O) groups is 1. The number of hydrogen-bond acceptors (Lipinski definition) is 3. The van der Waals surface area contributed by atoms with Crippen molar-refractivity contribution in [2.45, 2.75) is 39.0 Å². The highest BCUT2D eigenvalue weighted by atomic mass is 16.5. The number of ether oxygens (including phenoxy) is 1. The first kappa shape index (κ1) is 14.7. The molecule has 0 atom stereocenters. The molecule has 4 nitrogen and oxygen atoms in total. The van der Waals surface area contributed by atoms with Crippen LogP contribution in [0.1, 0.15) is 49.4 Å².